The third-order valence-electron chi connectivity index (χ3n) is 5.49. The molecule has 0 fully saturated rings. The van der Waals surface area contributed by atoms with Crippen LogP contribution < -0.4 is 24.4 Å². The van der Waals surface area contributed by atoms with Crippen molar-refractivity contribution in [3.05, 3.63) is 88.0 Å². The largest absolute Gasteiger partial charge is 0.493 e. The Balaban J connectivity index is 1.95. The van der Waals surface area contributed by atoms with Crippen LogP contribution in [0.5, 0.6) is 11.5 Å². The molecule has 0 saturated heterocycles. The summed E-state index contributed by atoms with van der Waals surface area (Å²) in [4.78, 5) is 31.7. The molecule has 1 aromatic heterocycles. The average molecular weight is 578 g/mol. The van der Waals surface area contributed by atoms with E-state index in [0.717, 1.165) is 15.6 Å². The number of benzene rings is 2. The molecule has 3 aromatic rings. The van der Waals surface area contributed by atoms with Crippen molar-refractivity contribution in [2.75, 3.05) is 20.8 Å². The summed E-state index contributed by atoms with van der Waals surface area (Å²) in [5, 5.41) is 0.554. The maximum atomic E-state index is 13.7. The molecule has 0 aliphatic carbocycles. The van der Waals surface area contributed by atoms with Gasteiger partial charge >= 0.3 is 5.97 Å². The van der Waals surface area contributed by atoms with Gasteiger partial charge in [-0.25, -0.2) is 9.79 Å². The van der Waals surface area contributed by atoms with Gasteiger partial charge in [-0.1, -0.05) is 51.0 Å². The maximum absolute atomic E-state index is 13.7. The molecule has 1 aliphatic heterocycles. The molecule has 2 heterocycles. The van der Waals surface area contributed by atoms with Crippen LogP contribution in [0, 0.1) is 0 Å². The van der Waals surface area contributed by atoms with Gasteiger partial charge in [0.1, 0.15) is 0 Å². The van der Waals surface area contributed by atoms with Gasteiger partial charge in [0.15, 0.2) is 16.3 Å². The second kappa shape index (κ2) is 10.4. The summed E-state index contributed by atoms with van der Waals surface area (Å²) in [6.07, 6.45) is 1.76. The van der Waals surface area contributed by atoms with Crippen LogP contribution in [0.25, 0.3) is 6.08 Å². The number of hydrogen-bond acceptors (Lipinski definition) is 7. The number of rotatable bonds is 6. The average Bonchev–Trinajstić information content (AvgIpc) is 3.14. The summed E-state index contributed by atoms with van der Waals surface area (Å²) in [5.74, 6) is 0.593. The van der Waals surface area contributed by atoms with Crippen LogP contribution >= 0.6 is 38.9 Å². The highest BCUT2D eigenvalue weighted by molar-refractivity contribution is 9.10. The molecule has 10 heteroatoms. The van der Waals surface area contributed by atoms with Crippen LogP contribution in [0.3, 0.4) is 0 Å². The van der Waals surface area contributed by atoms with E-state index in [1.54, 1.807) is 70.5 Å². The van der Waals surface area contributed by atoms with Crippen LogP contribution in [0.2, 0.25) is 5.02 Å². The Bertz CT molecular complexity index is 1510. The predicted molar refractivity (Wildman–Crippen MR) is 139 cm³/mol. The number of fused-ring (bicyclic) bond motifs is 1. The first-order valence-electron chi connectivity index (χ1n) is 10.7. The monoisotopic (exact) mass is 576 g/mol. The van der Waals surface area contributed by atoms with Crippen molar-refractivity contribution >= 4 is 50.9 Å². The number of allylic oxidation sites excluding steroid dienone is 1. The zero-order valence-corrected chi connectivity index (χ0v) is 22.6. The highest BCUT2D eigenvalue weighted by Crippen LogP contribution is 2.34. The lowest BCUT2D eigenvalue weighted by Crippen LogP contribution is -2.39. The lowest BCUT2D eigenvalue weighted by atomic mass is 9.96. The molecule has 35 heavy (non-hydrogen) atoms. The number of halogens is 2. The number of carbonyl (C=O) groups is 1. The normalized spacial score (nSPS) is 15.5. The van der Waals surface area contributed by atoms with Crippen molar-refractivity contribution in [2.45, 2.75) is 19.9 Å². The van der Waals surface area contributed by atoms with E-state index in [9.17, 15) is 9.59 Å². The molecule has 0 amide bonds. The lowest BCUT2D eigenvalue weighted by Gasteiger charge is -2.24. The minimum absolute atomic E-state index is 0.209. The van der Waals surface area contributed by atoms with Crippen LogP contribution in [0.1, 0.15) is 31.0 Å². The quantitative estimate of drug-likeness (QED) is 0.410. The fourth-order valence-corrected chi connectivity index (χ4v) is 5.47. The number of carbonyl (C=O) groups excluding carboxylic acids is 1. The zero-order chi connectivity index (χ0) is 25.3. The van der Waals surface area contributed by atoms with E-state index in [1.807, 2.05) is 0 Å². The molecule has 182 valence electrons. The number of thiazole rings is 1. The maximum Gasteiger partial charge on any atom is 0.338 e. The van der Waals surface area contributed by atoms with E-state index < -0.39 is 12.0 Å². The molecule has 1 atom stereocenters. The van der Waals surface area contributed by atoms with E-state index in [4.69, 9.17) is 25.8 Å². The molecule has 0 saturated carbocycles. The fourth-order valence-electron chi connectivity index (χ4n) is 3.87. The number of ether oxygens (including phenoxy) is 3. The summed E-state index contributed by atoms with van der Waals surface area (Å²) >= 11 is 10.9. The summed E-state index contributed by atoms with van der Waals surface area (Å²) in [5.41, 5.74) is 2.01. The SMILES string of the molecule is CCOC(=O)C1=C(C)N=c2s/c(=C\c3cc(OC)c(OC)cc3Br)c(=O)n2[C@@H]1c1ccc(Cl)cc1. The van der Waals surface area contributed by atoms with Crippen molar-refractivity contribution < 1.29 is 19.0 Å². The summed E-state index contributed by atoms with van der Waals surface area (Å²) in [6, 6.07) is 9.92. The molecule has 0 spiro atoms. The predicted octanol–water partition coefficient (Wildman–Crippen LogP) is 4.23. The Kier molecular flexibility index (Phi) is 7.49. The molecule has 1 aliphatic rings. The topological polar surface area (TPSA) is 79.1 Å². The van der Waals surface area contributed by atoms with Crippen LogP contribution in [0.15, 0.2) is 61.9 Å². The molecule has 7 nitrogen and oxygen atoms in total. The lowest BCUT2D eigenvalue weighted by molar-refractivity contribution is -0.139. The van der Waals surface area contributed by atoms with E-state index in [-0.39, 0.29) is 12.2 Å². The van der Waals surface area contributed by atoms with E-state index >= 15 is 0 Å². The van der Waals surface area contributed by atoms with Gasteiger partial charge in [0.05, 0.1) is 42.7 Å². The number of esters is 1. The molecule has 4 rings (SSSR count). The highest BCUT2D eigenvalue weighted by atomic mass is 79.9. The third-order valence-corrected chi connectivity index (χ3v) is 7.41. The van der Waals surface area contributed by atoms with Gasteiger partial charge in [-0.05, 0) is 55.3 Å². The minimum Gasteiger partial charge on any atom is -0.493 e. The number of hydrogen-bond donors (Lipinski definition) is 0. The van der Waals surface area contributed by atoms with Crippen molar-refractivity contribution in [1.82, 2.24) is 4.57 Å². The van der Waals surface area contributed by atoms with Gasteiger partial charge in [-0.3, -0.25) is 9.36 Å². The first-order valence-corrected chi connectivity index (χ1v) is 12.6. The Morgan fingerprint density at radius 3 is 2.49 bits per heavy atom. The molecular formula is C25H22BrClN2O5S. The Labute approximate surface area is 219 Å². The van der Waals surface area contributed by atoms with E-state index in [1.165, 1.54) is 15.9 Å². The minimum atomic E-state index is -0.696. The molecule has 0 radical (unpaired) electrons. The Morgan fingerprint density at radius 1 is 1.20 bits per heavy atom. The van der Waals surface area contributed by atoms with E-state index in [2.05, 4.69) is 20.9 Å². The molecular weight excluding hydrogens is 556 g/mol. The fraction of sp³-hybridized carbons (Fsp3) is 0.240. The number of aromatic nitrogens is 1. The van der Waals surface area contributed by atoms with Crippen molar-refractivity contribution in [2.24, 2.45) is 4.99 Å². The Morgan fingerprint density at radius 2 is 1.86 bits per heavy atom. The first kappa shape index (κ1) is 25.2. The van der Waals surface area contributed by atoms with Crippen molar-refractivity contribution in [3.63, 3.8) is 0 Å². The number of nitrogens with zero attached hydrogens (tertiary/aromatic N) is 2. The molecule has 0 unspecified atom stereocenters. The first-order chi connectivity index (χ1) is 16.8. The van der Waals surface area contributed by atoms with Gasteiger partial charge < -0.3 is 14.2 Å². The molecule has 0 bridgehead atoms. The third kappa shape index (κ3) is 4.80. The summed E-state index contributed by atoms with van der Waals surface area (Å²) in [6.45, 7) is 3.69. The van der Waals surface area contributed by atoms with Crippen molar-refractivity contribution in [3.8, 4) is 11.5 Å². The molecule has 2 aromatic carbocycles. The van der Waals surface area contributed by atoms with E-state index in [0.29, 0.717) is 37.1 Å². The second-order valence-electron chi connectivity index (χ2n) is 7.58. The summed E-state index contributed by atoms with van der Waals surface area (Å²) < 4.78 is 18.8. The number of methoxy groups -OCH3 is 2. The van der Waals surface area contributed by atoms with Gasteiger partial charge in [0.25, 0.3) is 5.56 Å². The van der Waals surface area contributed by atoms with Crippen LogP contribution in [-0.4, -0.2) is 31.4 Å². The molecule has 0 N–H and O–H groups in total. The standard InChI is InChI=1S/C25H22BrClN2O5S/c1-5-34-24(31)21-13(2)28-25-29(22(21)14-6-8-16(27)9-7-14)23(30)20(35-25)11-15-10-18(32-3)19(33-4)12-17(15)26/h6-12,22H,5H2,1-4H3/b20-11-/t22-/m1/s1. The second-order valence-corrected chi connectivity index (χ2v) is 9.88. The van der Waals surface area contributed by atoms with Crippen LogP contribution in [0.4, 0.5) is 0 Å². The van der Waals surface area contributed by atoms with Gasteiger partial charge in [-0.15, -0.1) is 0 Å². The van der Waals surface area contributed by atoms with Gasteiger partial charge in [-0.2, -0.15) is 0 Å². The smallest absolute Gasteiger partial charge is 0.338 e. The van der Waals surface area contributed by atoms with Gasteiger partial charge in [0, 0.05) is 9.50 Å². The van der Waals surface area contributed by atoms with Crippen molar-refractivity contribution in [1.29, 1.82) is 0 Å². The summed E-state index contributed by atoms with van der Waals surface area (Å²) in [7, 11) is 3.11. The Hall–Kier alpha value is -2.88. The highest BCUT2D eigenvalue weighted by Gasteiger charge is 2.33. The zero-order valence-electron chi connectivity index (χ0n) is 19.4. The van der Waals surface area contributed by atoms with Gasteiger partial charge in [0.2, 0.25) is 0 Å². The van der Waals surface area contributed by atoms with Crippen LogP contribution in [-0.2, 0) is 9.53 Å².